The molecule has 0 fully saturated rings. The molecular formula is C7H8Br3N. The average molecular weight is 346 g/mol. The van der Waals surface area contributed by atoms with Gasteiger partial charge in [0.1, 0.15) is 0 Å². The molecule has 0 aliphatic rings. The molecule has 1 nitrogen and oxygen atoms in total. The number of alkyl halides is 2. The van der Waals surface area contributed by atoms with E-state index in [2.05, 4.69) is 36.8 Å². The minimum absolute atomic E-state index is 0. The molecule has 0 saturated carbocycles. The molecular weight excluding hydrogens is 338 g/mol. The van der Waals surface area contributed by atoms with Gasteiger partial charge in [-0.3, -0.25) is 4.98 Å². The van der Waals surface area contributed by atoms with Gasteiger partial charge >= 0.3 is 0 Å². The van der Waals surface area contributed by atoms with Crippen LogP contribution in [0.4, 0.5) is 0 Å². The highest BCUT2D eigenvalue weighted by atomic mass is 79.9. The Balaban J connectivity index is 0.000001000. The van der Waals surface area contributed by atoms with Crippen molar-refractivity contribution >= 4 is 48.8 Å². The minimum Gasteiger partial charge on any atom is -0.264 e. The maximum Gasteiger partial charge on any atom is 0.0311 e. The van der Waals surface area contributed by atoms with Crippen LogP contribution in [0.3, 0.4) is 0 Å². The van der Waals surface area contributed by atoms with Gasteiger partial charge in [-0.25, -0.2) is 0 Å². The van der Waals surface area contributed by atoms with Crippen LogP contribution in [0.25, 0.3) is 0 Å². The molecule has 11 heavy (non-hydrogen) atoms. The van der Waals surface area contributed by atoms with E-state index in [-0.39, 0.29) is 17.0 Å². The Kier molecular flexibility index (Phi) is 6.47. The van der Waals surface area contributed by atoms with Crippen LogP contribution in [-0.2, 0) is 10.7 Å². The first-order chi connectivity index (χ1) is 4.88. The van der Waals surface area contributed by atoms with Gasteiger partial charge < -0.3 is 0 Å². The van der Waals surface area contributed by atoms with Crippen molar-refractivity contribution in [2.75, 3.05) is 0 Å². The highest BCUT2D eigenvalue weighted by molar-refractivity contribution is 9.09. The normalized spacial score (nSPS) is 8.91. The first-order valence-electron chi connectivity index (χ1n) is 2.92. The molecule has 4 heteroatoms. The maximum absolute atomic E-state index is 4.01. The topological polar surface area (TPSA) is 12.9 Å². The summed E-state index contributed by atoms with van der Waals surface area (Å²) in [6, 6.07) is 2.02. The van der Waals surface area contributed by atoms with E-state index in [0.29, 0.717) is 0 Å². The van der Waals surface area contributed by atoms with Gasteiger partial charge in [0.05, 0.1) is 0 Å². The maximum atomic E-state index is 4.01. The van der Waals surface area contributed by atoms with Gasteiger partial charge in [0.15, 0.2) is 0 Å². The van der Waals surface area contributed by atoms with E-state index < -0.39 is 0 Å². The molecule has 0 N–H and O–H groups in total. The summed E-state index contributed by atoms with van der Waals surface area (Å²) in [6.07, 6.45) is 3.69. The van der Waals surface area contributed by atoms with Crippen molar-refractivity contribution in [3.63, 3.8) is 0 Å². The van der Waals surface area contributed by atoms with Gasteiger partial charge in [0.25, 0.3) is 0 Å². The highest BCUT2D eigenvalue weighted by Gasteiger charge is 1.96. The monoisotopic (exact) mass is 343 g/mol. The fraction of sp³-hybridized carbons (Fsp3) is 0.286. The summed E-state index contributed by atoms with van der Waals surface area (Å²) in [7, 11) is 0. The summed E-state index contributed by atoms with van der Waals surface area (Å²) in [5.74, 6) is 0. The molecule has 1 aromatic rings. The second kappa shape index (κ2) is 6.14. The number of aromatic nitrogens is 1. The van der Waals surface area contributed by atoms with Gasteiger partial charge in [-0.15, -0.1) is 17.0 Å². The summed E-state index contributed by atoms with van der Waals surface area (Å²) in [4.78, 5) is 4.01. The predicted molar refractivity (Wildman–Crippen MR) is 59.8 cm³/mol. The zero-order valence-electron chi connectivity index (χ0n) is 5.76. The SMILES string of the molecule is Br.BrCc1ccncc1CBr. The van der Waals surface area contributed by atoms with Crippen LogP contribution in [-0.4, -0.2) is 4.98 Å². The third kappa shape index (κ3) is 3.22. The quantitative estimate of drug-likeness (QED) is 0.748. The standard InChI is InChI=1S/C7H7Br2N.BrH/c8-3-6-1-2-10-5-7(6)4-9;/h1-2,5H,3-4H2;1H. The van der Waals surface area contributed by atoms with E-state index in [4.69, 9.17) is 0 Å². The van der Waals surface area contributed by atoms with Crippen LogP contribution in [0, 0.1) is 0 Å². The molecule has 1 rings (SSSR count). The number of nitrogens with zero attached hydrogens (tertiary/aromatic N) is 1. The highest BCUT2D eigenvalue weighted by Crippen LogP contribution is 2.13. The van der Waals surface area contributed by atoms with Crippen molar-refractivity contribution in [3.05, 3.63) is 29.6 Å². The zero-order valence-corrected chi connectivity index (χ0v) is 10.6. The fourth-order valence-electron chi connectivity index (χ4n) is 0.707. The second-order valence-corrected chi connectivity index (χ2v) is 3.03. The van der Waals surface area contributed by atoms with Crippen molar-refractivity contribution in [1.29, 1.82) is 0 Å². The second-order valence-electron chi connectivity index (χ2n) is 1.91. The summed E-state index contributed by atoms with van der Waals surface area (Å²) in [5, 5.41) is 1.78. The third-order valence-corrected chi connectivity index (χ3v) is 2.50. The van der Waals surface area contributed by atoms with E-state index in [9.17, 15) is 0 Å². The van der Waals surface area contributed by atoms with Crippen molar-refractivity contribution < 1.29 is 0 Å². The summed E-state index contributed by atoms with van der Waals surface area (Å²) in [5.41, 5.74) is 2.55. The summed E-state index contributed by atoms with van der Waals surface area (Å²) in [6.45, 7) is 0. The molecule has 0 bridgehead atoms. The molecule has 0 atom stereocenters. The van der Waals surface area contributed by atoms with Crippen molar-refractivity contribution in [2.45, 2.75) is 10.7 Å². The van der Waals surface area contributed by atoms with Crippen molar-refractivity contribution in [1.82, 2.24) is 4.98 Å². The van der Waals surface area contributed by atoms with Gasteiger partial charge in [-0.2, -0.15) is 0 Å². The molecule has 0 aliphatic heterocycles. The smallest absolute Gasteiger partial charge is 0.0311 e. The molecule has 0 spiro atoms. The lowest BCUT2D eigenvalue weighted by Crippen LogP contribution is -1.87. The molecule has 0 amide bonds. The Hall–Kier alpha value is 0.590. The van der Waals surface area contributed by atoms with Gasteiger partial charge in [-0.1, -0.05) is 31.9 Å². The first kappa shape index (κ1) is 11.6. The zero-order chi connectivity index (χ0) is 7.40. The fourth-order valence-corrected chi connectivity index (χ4v) is 1.76. The van der Waals surface area contributed by atoms with Gasteiger partial charge in [0, 0.05) is 23.1 Å². The Morgan fingerprint density at radius 2 is 1.82 bits per heavy atom. The lowest BCUT2D eigenvalue weighted by molar-refractivity contribution is 1.20. The average Bonchev–Trinajstić information content (AvgIpc) is 2.04. The number of hydrogen-bond donors (Lipinski definition) is 0. The predicted octanol–water partition coefficient (Wildman–Crippen LogP) is 3.45. The van der Waals surface area contributed by atoms with Crippen molar-refractivity contribution in [2.24, 2.45) is 0 Å². The molecule has 0 radical (unpaired) electrons. The Morgan fingerprint density at radius 3 is 2.27 bits per heavy atom. The molecule has 0 saturated heterocycles. The first-order valence-corrected chi connectivity index (χ1v) is 5.16. The molecule has 1 aromatic heterocycles. The van der Waals surface area contributed by atoms with Crippen LogP contribution >= 0.6 is 48.8 Å². The van der Waals surface area contributed by atoms with Crippen LogP contribution in [0.15, 0.2) is 18.5 Å². The lowest BCUT2D eigenvalue weighted by atomic mass is 10.2. The molecule has 0 unspecified atom stereocenters. The number of halogens is 3. The summed E-state index contributed by atoms with van der Waals surface area (Å²) < 4.78 is 0. The minimum atomic E-state index is 0. The largest absolute Gasteiger partial charge is 0.264 e. The molecule has 0 aliphatic carbocycles. The summed E-state index contributed by atoms with van der Waals surface area (Å²) >= 11 is 6.79. The number of rotatable bonds is 2. The molecule has 1 heterocycles. The van der Waals surface area contributed by atoms with Crippen LogP contribution < -0.4 is 0 Å². The Labute approximate surface area is 93.6 Å². The van der Waals surface area contributed by atoms with Crippen molar-refractivity contribution in [3.8, 4) is 0 Å². The Bertz CT molecular complexity index is 192. The Morgan fingerprint density at radius 1 is 1.18 bits per heavy atom. The lowest BCUT2D eigenvalue weighted by Gasteiger charge is -1.99. The molecule has 0 aromatic carbocycles. The number of hydrogen-bond acceptors (Lipinski definition) is 1. The van der Waals surface area contributed by atoms with Gasteiger partial charge in [0.2, 0.25) is 0 Å². The van der Waals surface area contributed by atoms with Crippen LogP contribution in [0.1, 0.15) is 11.1 Å². The van der Waals surface area contributed by atoms with E-state index in [1.54, 1.807) is 0 Å². The molecule has 62 valence electrons. The van der Waals surface area contributed by atoms with E-state index in [1.165, 1.54) is 11.1 Å². The van der Waals surface area contributed by atoms with Gasteiger partial charge in [-0.05, 0) is 17.2 Å². The van der Waals surface area contributed by atoms with E-state index in [1.807, 2.05) is 18.5 Å². The third-order valence-electron chi connectivity index (χ3n) is 1.29. The van der Waals surface area contributed by atoms with E-state index >= 15 is 0 Å². The van der Waals surface area contributed by atoms with E-state index in [0.717, 1.165) is 10.7 Å². The van der Waals surface area contributed by atoms with Crippen LogP contribution in [0.2, 0.25) is 0 Å². The number of pyridine rings is 1. The van der Waals surface area contributed by atoms with Crippen LogP contribution in [0.5, 0.6) is 0 Å².